The molecule has 0 aliphatic carbocycles. The summed E-state index contributed by atoms with van der Waals surface area (Å²) in [5.41, 5.74) is 8.45. The molecule has 1 aromatic heterocycles. The molecule has 4 heteroatoms. The van der Waals surface area contributed by atoms with E-state index in [1.807, 2.05) is 6.92 Å². The lowest BCUT2D eigenvalue weighted by molar-refractivity contribution is 0.708. The van der Waals surface area contributed by atoms with Crippen LogP contribution in [0.2, 0.25) is 0 Å². The van der Waals surface area contributed by atoms with Crippen molar-refractivity contribution in [1.29, 1.82) is 0 Å². The van der Waals surface area contributed by atoms with Crippen LogP contribution in [-0.4, -0.2) is 11.2 Å². The molecule has 2 N–H and O–H groups in total. The first kappa shape index (κ1) is 12.6. The Morgan fingerprint density at radius 2 is 2.06 bits per heavy atom. The molecule has 0 aliphatic heterocycles. The number of nitrogens with zero attached hydrogens (tertiary/aromatic N) is 1. The quantitative estimate of drug-likeness (QED) is 0.860. The Hall–Kier alpha value is -0.840. The van der Waals surface area contributed by atoms with Gasteiger partial charge >= 0.3 is 0 Å². The van der Waals surface area contributed by atoms with Crippen LogP contribution in [0.4, 0.5) is 0 Å². The molecule has 17 heavy (non-hydrogen) atoms. The zero-order chi connectivity index (χ0) is 12.3. The standard InChI is InChI=1S/C13H16N2S2/c1-9-15-11(8-17-9)7-13(14)10-3-5-12(16-2)6-4-10/h3-6,8,13H,7,14H2,1-2H3. The summed E-state index contributed by atoms with van der Waals surface area (Å²) >= 11 is 3.42. The fraction of sp³-hybridized carbons (Fsp3) is 0.308. The minimum Gasteiger partial charge on any atom is -0.324 e. The first-order valence-corrected chi connectivity index (χ1v) is 7.60. The average molecular weight is 264 g/mol. The summed E-state index contributed by atoms with van der Waals surface area (Å²) in [6.45, 7) is 2.02. The molecule has 2 rings (SSSR count). The normalized spacial score (nSPS) is 12.6. The van der Waals surface area contributed by atoms with Crippen LogP contribution < -0.4 is 5.73 Å². The predicted octanol–water partition coefficient (Wildman–Crippen LogP) is 3.42. The maximum Gasteiger partial charge on any atom is 0.0897 e. The molecule has 0 fully saturated rings. The molecule has 0 radical (unpaired) electrons. The van der Waals surface area contributed by atoms with Crippen LogP contribution in [0.3, 0.4) is 0 Å². The van der Waals surface area contributed by atoms with Crippen molar-refractivity contribution in [3.05, 3.63) is 45.9 Å². The summed E-state index contributed by atoms with van der Waals surface area (Å²) in [6.07, 6.45) is 2.88. The summed E-state index contributed by atoms with van der Waals surface area (Å²) in [7, 11) is 0. The van der Waals surface area contributed by atoms with Gasteiger partial charge in [-0.05, 0) is 30.9 Å². The highest BCUT2D eigenvalue weighted by Gasteiger charge is 2.09. The first-order valence-electron chi connectivity index (χ1n) is 5.49. The van der Waals surface area contributed by atoms with Crippen molar-refractivity contribution < 1.29 is 0 Å². The van der Waals surface area contributed by atoms with Crippen LogP contribution in [0.25, 0.3) is 0 Å². The van der Waals surface area contributed by atoms with Crippen LogP contribution in [0, 0.1) is 6.92 Å². The molecule has 0 aliphatic rings. The molecule has 1 aromatic carbocycles. The highest BCUT2D eigenvalue weighted by Crippen LogP contribution is 2.21. The van der Waals surface area contributed by atoms with Gasteiger partial charge in [-0.2, -0.15) is 0 Å². The Kier molecular flexibility index (Phi) is 4.20. The van der Waals surface area contributed by atoms with Gasteiger partial charge in [0.15, 0.2) is 0 Å². The SMILES string of the molecule is CSc1ccc(C(N)Cc2csc(C)n2)cc1. The van der Waals surface area contributed by atoms with Gasteiger partial charge in [0, 0.05) is 22.7 Å². The topological polar surface area (TPSA) is 38.9 Å². The zero-order valence-corrected chi connectivity index (χ0v) is 11.6. The summed E-state index contributed by atoms with van der Waals surface area (Å²) in [5, 5.41) is 3.19. The third-order valence-corrected chi connectivity index (χ3v) is 4.21. The lowest BCUT2D eigenvalue weighted by Gasteiger charge is -2.10. The number of benzene rings is 1. The third kappa shape index (κ3) is 3.31. The van der Waals surface area contributed by atoms with Gasteiger partial charge in [0.1, 0.15) is 0 Å². The molecule has 1 unspecified atom stereocenters. The smallest absolute Gasteiger partial charge is 0.0897 e. The van der Waals surface area contributed by atoms with Gasteiger partial charge < -0.3 is 5.73 Å². The van der Waals surface area contributed by atoms with Crippen molar-refractivity contribution in [2.24, 2.45) is 5.73 Å². The van der Waals surface area contributed by atoms with E-state index in [4.69, 9.17) is 5.73 Å². The molecular weight excluding hydrogens is 248 g/mol. The second-order valence-corrected chi connectivity index (χ2v) is 5.88. The van der Waals surface area contributed by atoms with Gasteiger partial charge in [0.05, 0.1) is 10.7 Å². The second kappa shape index (κ2) is 5.67. The minimum atomic E-state index is 0.0346. The maximum absolute atomic E-state index is 6.19. The third-order valence-electron chi connectivity index (χ3n) is 2.64. The number of aromatic nitrogens is 1. The summed E-state index contributed by atoms with van der Waals surface area (Å²) < 4.78 is 0. The monoisotopic (exact) mass is 264 g/mol. The van der Waals surface area contributed by atoms with Crippen LogP contribution >= 0.6 is 23.1 Å². The molecule has 1 heterocycles. The van der Waals surface area contributed by atoms with Gasteiger partial charge in [0.25, 0.3) is 0 Å². The van der Waals surface area contributed by atoms with Crippen LogP contribution in [0.15, 0.2) is 34.5 Å². The van der Waals surface area contributed by atoms with Gasteiger partial charge in [0.2, 0.25) is 0 Å². The van der Waals surface area contributed by atoms with E-state index in [-0.39, 0.29) is 6.04 Å². The average Bonchev–Trinajstić information content (AvgIpc) is 2.75. The molecule has 2 aromatic rings. The molecular formula is C13H16N2S2. The Morgan fingerprint density at radius 1 is 1.35 bits per heavy atom. The molecule has 1 atom stereocenters. The van der Waals surface area contributed by atoms with E-state index >= 15 is 0 Å². The summed E-state index contributed by atoms with van der Waals surface area (Å²) in [6, 6.07) is 8.48. The van der Waals surface area contributed by atoms with Crippen molar-refractivity contribution in [3.8, 4) is 0 Å². The number of aryl methyl sites for hydroxylation is 1. The van der Waals surface area contributed by atoms with E-state index in [0.29, 0.717) is 0 Å². The number of nitrogens with two attached hydrogens (primary N) is 1. The molecule has 0 bridgehead atoms. The molecule has 90 valence electrons. The van der Waals surface area contributed by atoms with Gasteiger partial charge in [-0.15, -0.1) is 23.1 Å². The number of thiazole rings is 1. The number of hydrogen-bond donors (Lipinski definition) is 1. The van der Waals surface area contributed by atoms with Crippen LogP contribution in [0.1, 0.15) is 22.3 Å². The maximum atomic E-state index is 6.19. The van der Waals surface area contributed by atoms with Gasteiger partial charge in [-0.1, -0.05) is 12.1 Å². The number of hydrogen-bond acceptors (Lipinski definition) is 4. The Labute approximate surface area is 110 Å². The van der Waals surface area contributed by atoms with Crippen molar-refractivity contribution in [3.63, 3.8) is 0 Å². The minimum absolute atomic E-state index is 0.0346. The predicted molar refractivity (Wildman–Crippen MR) is 75.7 cm³/mol. The Balaban J connectivity index is 2.06. The molecule has 2 nitrogen and oxygen atoms in total. The highest BCUT2D eigenvalue weighted by atomic mass is 32.2. The number of thioether (sulfide) groups is 1. The second-order valence-electron chi connectivity index (χ2n) is 3.94. The molecule has 0 saturated carbocycles. The lowest BCUT2D eigenvalue weighted by Crippen LogP contribution is -2.13. The zero-order valence-electron chi connectivity index (χ0n) is 10.0. The van der Waals surface area contributed by atoms with Gasteiger partial charge in [-0.25, -0.2) is 4.98 Å². The molecule has 0 amide bonds. The van der Waals surface area contributed by atoms with E-state index in [2.05, 4.69) is 40.9 Å². The van der Waals surface area contributed by atoms with Crippen LogP contribution in [0.5, 0.6) is 0 Å². The van der Waals surface area contributed by atoms with Crippen molar-refractivity contribution in [2.45, 2.75) is 24.3 Å². The van der Waals surface area contributed by atoms with E-state index in [1.165, 1.54) is 10.5 Å². The number of rotatable bonds is 4. The van der Waals surface area contributed by atoms with E-state index in [1.54, 1.807) is 23.1 Å². The van der Waals surface area contributed by atoms with Crippen molar-refractivity contribution in [1.82, 2.24) is 4.98 Å². The fourth-order valence-corrected chi connectivity index (χ4v) is 2.73. The Morgan fingerprint density at radius 3 is 2.59 bits per heavy atom. The Bertz CT molecular complexity index is 476. The lowest BCUT2D eigenvalue weighted by atomic mass is 10.0. The van der Waals surface area contributed by atoms with Gasteiger partial charge in [-0.3, -0.25) is 0 Å². The molecule has 0 spiro atoms. The van der Waals surface area contributed by atoms with Crippen molar-refractivity contribution >= 4 is 23.1 Å². The van der Waals surface area contributed by atoms with E-state index < -0.39 is 0 Å². The van der Waals surface area contributed by atoms with E-state index in [9.17, 15) is 0 Å². The van der Waals surface area contributed by atoms with Crippen molar-refractivity contribution in [2.75, 3.05) is 6.26 Å². The highest BCUT2D eigenvalue weighted by molar-refractivity contribution is 7.98. The largest absolute Gasteiger partial charge is 0.324 e. The molecule has 0 saturated heterocycles. The summed E-state index contributed by atoms with van der Waals surface area (Å²) in [4.78, 5) is 5.71. The first-order chi connectivity index (χ1) is 8.19. The van der Waals surface area contributed by atoms with E-state index in [0.717, 1.165) is 17.1 Å². The fourth-order valence-electron chi connectivity index (χ4n) is 1.70. The van der Waals surface area contributed by atoms with Crippen LogP contribution in [-0.2, 0) is 6.42 Å². The summed E-state index contributed by atoms with van der Waals surface area (Å²) in [5.74, 6) is 0.